The lowest BCUT2D eigenvalue weighted by Gasteiger charge is -2.15. The van der Waals surface area contributed by atoms with Crippen LogP contribution in [0.3, 0.4) is 0 Å². The molecular formula is C12H13F3N2O7. The van der Waals surface area contributed by atoms with Gasteiger partial charge in [-0.15, -0.1) is 0 Å². The molecule has 0 unspecified atom stereocenters. The summed E-state index contributed by atoms with van der Waals surface area (Å²) < 4.78 is 46.0. The third kappa shape index (κ3) is 4.01. The lowest BCUT2D eigenvalue weighted by Crippen LogP contribution is -2.36. The van der Waals surface area contributed by atoms with E-state index in [1.165, 1.54) is 0 Å². The van der Waals surface area contributed by atoms with E-state index in [9.17, 15) is 32.7 Å². The first-order valence-electron chi connectivity index (χ1n) is 6.66. The zero-order valence-corrected chi connectivity index (χ0v) is 11.9. The summed E-state index contributed by atoms with van der Waals surface area (Å²) in [5.74, 6) is -1.57. The lowest BCUT2D eigenvalue weighted by atomic mass is 10.2. The Balaban J connectivity index is 2.27. The Morgan fingerprint density at radius 3 is 2.67 bits per heavy atom. The molecule has 0 bridgehead atoms. The number of H-pyrrole nitrogens is 1. The minimum Gasteiger partial charge on any atom is -0.452 e. The molecule has 24 heavy (non-hydrogen) atoms. The van der Waals surface area contributed by atoms with Gasteiger partial charge in [0.2, 0.25) is 0 Å². The van der Waals surface area contributed by atoms with Crippen LogP contribution < -0.4 is 11.2 Å². The molecule has 0 amide bonds. The van der Waals surface area contributed by atoms with Crippen LogP contribution >= 0.6 is 0 Å². The number of hydrogen-bond acceptors (Lipinski definition) is 7. The number of nitrogens with zero attached hydrogens (tertiary/aromatic N) is 1. The van der Waals surface area contributed by atoms with E-state index in [4.69, 9.17) is 9.84 Å². The molecule has 1 fully saturated rings. The van der Waals surface area contributed by atoms with Gasteiger partial charge in [0.05, 0.1) is 12.7 Å². The zero-order valence-electron chi connectivity index (χ0n) is 11.9. The molecule has 1 aromatic heterocycles. The standard InChI is InChI=1S/C12H13F3N2O7/c13-12(14,15)4-23-10(21)5-2-17(11(22)16-9(5)20)8-1-6(19)7(3-18)24-8/h2,6-8,18-19H,1,3-4H2,(H,16,20,22)/t6-,7+,8+/m0/s1. The van der Waals surface area contributed by atoms with Crippen LogP contribution in [0.15, 0.2) is 15.8 Å². The second-order valence-corrected chi connectivity index (χ2v) is 5.02. The van der Waals surface area contributed by atoms with Gasteiger partial charge in [-0.25, -0.2) is 9.59 Å². The van der Waals surface area contributed by atoms with Gasteiger partial charge in [-0.1, -0.05) is 0 Å². The third-order valence-corrected chi connectivity index (χ3v) is 3.25. The molecule has 1 saturated heterocycles. The van der Waals surface area contributed by atoms with E-state index >= 15 is 0 Å². The predicted octanol–water partition coefficient (Wildman–Crippen LogP) is -1.10. The number of hydrogen-bond donors (Lipinski definition) is 3. The topological polar surface area (TPSA) is 131 Å². The Morgan fingerprint density at radius 1 is 1.46 bits per heavy atom. The number of esters is 1. The average Bonchev–Trinajstić information content (AvgIpc) is 2.85. The van der Waals surface area contributed by atoms with Crippen LogP contribution in [0, 0.1) is 0 Å². The molecule has 12 heteroatoms. The number of carbonyl (C=O) groups excluding carboxylic acids is 1. The summed E-state index contributed by atoms with van der Waals surface area (Å²) in [6, 6.07) is 0. The molecule has 1 aliphatic rings. The van der Waals surface area contributed by atoms with E-state index in [0.29, 0.717) is 6.20 Å². The average molecular weight is 354 g/mol. The van der Waals surface area contributed by atoms with Gasteiger partial charge in [-0.05, 0) is 0 Å². The molecule has 134 valence electrons. The third-order valence-electron chi connectivity index (χ3n) is 3.25. The fourth-order valence-corrected chi connectivity index (χ4v) is 2.12. The number of halogens is 3. The summed E-state index contributed by atoms with van der Waals surface area (Å²) in [5, 5.41) is 18.6. The van der Waals surface area contributed by atoms with E-state index < -0.39 is 60.6 Å². The maximum Gasteiger partial charge on any atom is 0.422 e. The lowest BCUT2D eigenvalue weighted by molar-refractivity contribution is -0.161. The van der Waals surface area contributed by atoms with Crippen molar-refractivity contribution in [3.05, 3.63) is 32.6 Å². The molecule has 2 rings (SSSR count). The first kappa shape index (κ1) is 18.2. The van der Waals surface area contributed by atoms with Crippen molar-refractivity contribution in [1.82, 2.24) is 9.55 Å². The molecule has 1 aromatic rings. The number of aliphatic hydroxyl groups is 2. The normalized spacial score (nSPS) is 24.1. The monoisotopic (exact) mass is 354 g/mol. The smallest absolute Gasteiger partial charge is 0.422 e. The maximum absolute atomic E-state index is 12.1. The molecule has 3 atom stereocenters. The van der Waals surface area contributed by atoms with Crippen molar-refractivity contribution in [2.24, 2.45) is 0 Å². The summed E-state index contributed by atoms with van der Waals surface area (Å²) in [7, 11) is 0. The van der Waals surface area contributed by atoms with Gasteiger partial charge >= 0.3 is 17.8 Å². The number of aliphatic hydroxyl groups excluding tert-OH is 2. The van der Waals surface area contributed by atoms with Crippen molar-refractivity contribution < 1.29 is 37.7 Å². The van der Waals surface area contributed by atoms with Gasteiger partial charge in [0.25, 0.3) is 5.56 Å². The Bertz CT molecular complexity index is 727. The molecule has 2 heterocycles. The highest BCUT2D eigenvalue weighted by atomic mass is 19.4. The maximum atomic E-state index is 12.1. The van der Waals surface area contributed by atoms with E-state index in [2.05, 4.69) is 4.74 Å². The number of carbonyl (C=O) groups is 1. The highest BCUT2D eigenvalue weighted by Crippen LogP contribution is 2.27. The Labute approximate surface area is 131 Å². The molecule has 0 spiro atoms. The first-order chi connectivity index (χ1) is 11.1. The van der Waals surface area contributed by atoms with Gasteiger partial charge in [0.1, 0.15) is 17.9 Å². The quantitative estimate of drug-likeness (QED) is 0.585. The molecule has 3 N–H and O–H groups in total. The van der Waals surface area contributed by atoms with Gasteiger partial charge in [-0.3, -0.25) is 14.3 Å². The van der Waals surface area contributed by atoms with Gasteiger partial charge in [0.15, 0.2) is 6.61 Å². The minimum atomic E-state index is -4.77. The van der Waals surface area contributed by atoms with Crippen LogP contribution in [0.4, 0.5) is 13.2 Å². The van der Waals surface area contributed by atoms with E-state index in [0.717, 1.165) is 4.57 Å². The zero-order chi connectivity index (χ0) is 18.1. The fraction of sp³-hybridized carbons (Fsp3) is 0.583. The second-order valence-electron chi connectivity index (χ2n) is 5.02. The number of rotatable bonds is 4. The number of ether oxygens (including phenoxy) is 2. The molecule has 0 saturated carbocycles. The summed E-state index contributed by atoms with van der Waals surface area (Å²) >= 11 is 0. The Morgan fingerprint density at radius 2 is 2.12 bits per heavy atom. The highest BCUT2D eigenvalue weighted by molar-refractivity contribution is 5.88. The summed E-state index contributed by atoms with van der Waals surface area (Å²) in [6.45, 7) is -2.42. The summed E-state index contributed by atoms with van der Waals surface area (Å²) in [5.41, 5.74) is -3.05. The van der Waals surface area contributed by atoms with Crippen LogP contribution in [0.1, 0.15) is 23.0 Å². The van der Waals surface area contributed by atoms with Crippen LogP contribution in [0.25, 0.3) is 0 Å². The van der Waals surface area contributed by atoms with Gasteiger partial charge in [0, 0.05) is 12.6 Å². The first-order valence-corrected chi connectivity index (χ1v) is 6.66. The highest BCUT2D eigenvalue weighted by Gasteiger charge is 2.36. The molecule has 1 aliphatic heterocycles. The Kier molecular flexibility index (Phi) is 5.11. The minimum absolute atomic E-state index is 0.131. The molecule has 0 radical (unpaired) electrons. The molecule has 9 nitrogen and oxygen atoms in total. The van der Waals surface area contributed by atoms with Crippen LogP contribution in [0.2, 0.25) is 0 Å². The molecule has 0 aliphatic carbocycles. The molecular weight excluding hydrogens is 341 g/mol. The van der Waals surface area contributed by atoms with Crippen molar-refractivity contribution in [2.45, 2.75) is 31.0 Å². The fourth-order valence-electron chi connectivity index (χ4n) is 2.12. The van der Waals surface area contributed by atoms with Crippen LogP contribution in [-0.2, 0) is 9.47 Å². The number of aromatic nitrogens is 2. The molecule has 0 aromatic carbocycles. The number of alkyl halides is 3. The summed E-state index contributed by atoms with van der Waals surface area (Å²) in [4.78, 5) is 36.7. The van der Waals surface area contributed by atoms with Crippen molar-refractivity contribution >= 4 is 5.97 Å². The van der Waals surface area contributed by atoms with E-state index in [1.807, 2.05) is 0 Å². The van der Waals surface area contributed by atoms with Gasteiger partial charge < -0.3 is 19.7 Å². The predicted molar refractivity (Wildman–Crippen MR) is 69.3 cm³/mol. The second kappa shape index (κ2) is 6.75. The van der Waals surface area contributed by atoms with E-state index in [1.54, 1.807) is 4.98 Å². The van der Waals surface area contributed by atoms with Crippen molar-refractivity contribution in [2.75, 3.05) is 13.2 Å². The van der Waals surface area contributed by atoms with Crippen molar-refractivity contribution in [1.29, 1.82) is 0 Å². The SMILES string of the molecule is O=C(OCC(F)(F)F)c1cn([C@H]2C[C@H](O)[C@@H](CO)O2)c(=O)[nH]c1=O. The van der Waals surface area contributed by atoms with Crippen molar-refractivity contribution in [3.8, 4) is 0 Å². The Hall–Kier alpha value is -2.18. The van der Waals surface area contributed by atoms with Gasteiger partial charge in [-0.2, -0.15) is 13.2 Å². The number of aromatic amines is 1. The van der Waals surface area contributed by atoms with Crippen LogP contribution in [0.5, 0.6) is 0 Å². The van der Waals surface area contributed by atoms with E-state index in [-0.39, 0.29) is 6.42 Å². The largest absolute Gasteiger partial charge is 0.452 e. The summed E-state index contributed by atoms with van der Waals surface area (Å²) in [6.07, 6.45) is -7.40. The number of nitrogens with one attached hydrogen (secondary N) is 1. The van der Waals surface area contributed by atoms with Crippen molar-refractivity contribution in [3.63, 3.8) is 0 Å². The van der Waals surface area contributed by atoms with Crippen LogP contribution in [-0.4, -0.2) is 57.3 Å².